The first-order chi connectivity index (χ1) is 10.7. The predicted molar refractivity (Wildman–Crippen MR) is 87.1 cm³/mol. The van der Waals surface area contributed by atoms with Gasteiger partial charge in [0.15, 0.2) is 5.16 Å². The Morgan fingerprint density at radius 2 is 2.09 bits per heavy atom. The van der Waals surface area contributed by atoms with Crippen LogP contribution in [0.2, 0.25) is 0 Å². The zero-order valence-corrected chi connectivity index (χ0v) is 13.8. The van der Waals surface area contributed by atoms with Crippen LogP contribution in [0.1, 0.15) is 35.1 Å². The molecule has 3 aromatic heterocycles. The minimum absolute atomic E-state index is 0.552. The van der Waals surface area contributed by atoms with Gasteiger partial charge in [0, 0.05) is 11.8 Å². The average Bonchev–Trinajstić information content (AvgIpc) is 3.08. The minimum Gasteiger partial charge on any atom is -0.425 e. The number of aromatic nitrogens is 4. The van der Waals surface area contributed by atoms with Crippen LogP contribution in [-0.2, 0) is 18.6 Å². The molecule has 0 aliphatic heterocycles. The first-order valence-electron chi connectivity index (χ1n) is 7.20. The van der Waals surface area contributed by atoms with E-state index < -0.39 is 0 Å². The lowest BCUT2D eigenvalue weighted by Crippen LogP contribution is -2.01. The maximum absolute atomic E-state index is 6.19. The third-order valence-electron chi connectivity index (χ3n) is 3.71. The molecule has 0 unspecified atom stereocenters. The van der Waals surface area contributed by atoms with Crippen LogP contribution in [0.25, 0.3) is 10.2 Å². The van der Waals surface area contributed by atoms with Gasteiger partial charge in [0.1, 0.15) is 10.6 Å². The molecule has 6 nitrogen and oxygen atoms in total. The van der Waals surface area contributed by atoms with Crippen molar-refractivity contribution in [2.24, 2.45) is 0 Å². The molecule has 1 aliphatic rings. The number of hydrogen-bond donors (Lipinski definition) is 1. The zero-order chi connectivity index (χ0) is 15.1. The molecule has 1 aliphatic carbocycles. The molecule has 114 valence electrons. The molecule has 0 fully saturated rings. The Balaban J connectivity index is 1.65. The van der Waals surface area contributed by atoms with Gasteiger partial charge in [-0.15, -0.1) is 21.5 Å². The van der Waals surface area contributed by atoms with E-state index in [4.69, 9.17) is 10.2 Å². The number of fused-ring (bicyclic) bond motifs is 3. The van der Waals surface area contributed by atoms with E-state index in [1.807, 2.05) is 0 Å². The van der Waals surface area contributed by atoms with Crippen molar-refractivity contribution in [1.29, 1.82) is 0 Å². The van der Waals surface area contributed by atoms with Gasteiger partial charge in [-0.1, -0.05) is 11.8 Å². The zero-order valence-electron chi connectivity index (χ0n) is 12.1. The highest BCUT2D eigenvalue weighted by atomic mass is 32.2. The fraction of sp³-hybridized carbons (Fsp3) is 0.429. The minimum atomic E-state index is 0.552. The number of anilines is 1. The van der Waals surface area contributed by atoms with Crippen molar-refractivity contribution in [3.05, 3.63) is 22.2 Å². The molecule has 0 bridgehead atoms. The van der Waals surface area contributed by atoms with Gasteiger partial charge in [-0.2, -0.15) is 0 Å². The Bertz CT molecular complexity index is 841. The number of hydrogen-bond acceptors (Lipinski definition) is 8. The Labute approximate surface area is 135 Å². The number of thioether (sulfide) groups is 1. The van der Waals surface area contributed by atoms with Crippen LogP contribution in [-0.4, -0.2) is 20.2 Å². The molecule has 2 N–H and O–H groups in total. The average molecular weight is 333 g/mol. The molecule has 0 amide bonds. The molecule has 0 saturated carbocycles. The SMILES string of the molecule is Cc1nnc(CSc2nc(N)c3c4c(sc3n2)CCCC4)o1. The summed E-state index contributed by atoms with van der Waals surface area (Å²) in [7, 11) is 0. The monoisotopic (exact) mass is 333 g/mol. The summed E-state index contributed by atoms with van der Waals surface area (Å²) in [6, 6.07) is 0. The molecule has 0 aromatic carbocycles. The van der Waals surface area contributed by atoms with Crippen LogP contribution in [0.15, 0.2) is 9.57 Å². The van der Waals surface area contributed by atoms with E-state index in [0.717, 1.165) is 23.1 Å². The van der Waals surface area contributed by atoms with Crippen molar-refractivity contribution >= 4 is 39.1 Å². The first-order valence-corrected chi connectivity index (χ1v) is 9.00. The Morgan fingerprint density at radius 1 is 1.23 bits per heavy atom. The smallest absolute Gasteiger partial charge is 0.226 e. The van der Waals surface area contributed by atoms with Gasteiger partial charge >= 0.3 is 0 Å². The summed E-state index contributed by atoms with van der Waals surface area (Å²) >= 11 is 3.23. The normalized spacial score (nSPS) is 14.4. The van der Waals surface area contributed by atoms with Crippen LogP contribution in [0.3, 0.4) is 0 Å². The van der Waals surface area contributed by atoms with Gasteiger partial charge in [-0.25, -0.2) is 9.97 Å². The van der Waals surface area contributed by atoms with Gasteiger partial charge in [-0.05, 0) is 31.2 Å². The Kier molecular flexibility index (Phi) is 3.50. The lowest BCUT2D eigenvalue weighted by atomic mass is 9.97. The molecule has 0 atom stereocenters. The number of aryl methyl sites for hydroxylation is 3. The lowest BCUT2D eigenvalue weighted by Gasteiger charge is -2.10. The van der Waals surface area contributed by atoms with Crippen molar-refractivity contribution in [1.82, 2.24) is 20.2 Å². The molecular weight excluding hydrogens is 318 g/mol. The van der Waals surface area contributed by atoms with E-state index >= 15 is 0 Å². The van der Waals surface area contributed by atoms with Crippen molar-refractivity contribution < 1.29 is 4.42 Å². The quantitative estimate of drug-likeness (QED) is 0.581. The van der Waals surface area contributed by atoms with Crippen LogP contribution in [0.5, 0.6) is 0 Å². The molecule has 22 heavy (non-hydrogen) atoms. The number of rotatable bonds is 3. The highest BCUT2D eigenvalue weighted by Crippen LogP contribution is 2.38. The van der Waals surface area contributed by atoms with Gasteiger partial charge in [-0.3, -0.25) is 0 Å². The van der Waals surface area contributed by atoms with Gasteiger partial charge in [0.05, 0.1) is 11.1 Å². The summed E-state index contributed by atoms with van der Waals surface area (Å²) in [4.78, 5) is 11.5. The standard InChI is InChI=1S/C14H15N5OS2/c1-7-18-19-10(20-7)6-21-14-16-12(15)11-8-4-2-3-5-9(8)22-13(11)17-14/h2-6H2,1H3,(H2,15,16,17). The van der Waals surface area contributed by atoms with Crippen LogP contribution in [0, 0.1) is 6.92 Å². The van der Waals surface area contributed by atoms with Crippen LogP contribution >= 0.6 is 23.1 Å². The fourth-order valence-electron chi connectivity index (χ4n) is 2.75. The van der Waals surface area contributed by atoms with E-state index in [-0.39, 0.29) is 0 Å². The highest BCUT2D eigenvalue weighted by molar-refractivity contribution is 7.98. The van der Waals surface area contributed by atoms with Crippen molar-refractivity contribution in [2.45, 2.75) is 43.5 Å². The second-order valence-corrected chi connectivity index (χ2v) is 7.31. The molecular formula is C14H15N5OS2. The van der Waals surface area contributed by atoms with E-state index in [0.29, 0.717) is 28.5 Å². The van der Waals surface area contributed by atoms with Crippen LogP contribution in [0.4, 0.5) is 5.82 Å². The maximum Gasteiger partial charge on any atom is 0.226 e. The molecule has 0 radical (unpaired) electrons. The number of nitrogens with two attached hydrogens (primary N) is 1. The summed E-state index contributed by atoms with van der Waals surface area (Å²) in [6.07, 6.45) is 4.72. The number of nitrogens with zero attached hydrogens (tertiary/aromatic N) is 4. The second-order valence-electron chi connectivity index (χ2n) is 5.29. The molecule has 4 rings (SSSR count). The summed E-state index contributed by atoms with van der Waals surface area (Å²) in [5.74, 6) is 2.29. The van der Waals surface area contributed by atoms with Crippen molar-refractivity contribution in [2.75, 3.05) is 5.73 Å². The molecule has 0 saturated heterocycles. The third kappa shape index (κ3) is 2.46. The van der Waals surface area contributed by atoms with Crippen molar-refractivity contribution in [3.8, 4) is 0 Å². The van der Waals surface area contributed by atoms with E-state index in [9.17, 15) is 0 Å². The molecule has 3 heterocycles. The predicted octanol–water partition coefficient (Wildman–Crippen LogP) is 3.14. The Morgan fingerprint density at radius 3 is 2.91 bits per heavy atom. The lowest BCUT2D eigenvalue weighted by molar-refractivity contribution is 0.485. The summed E-state index contributed by atoms with van der Waals surface area (Å²) < 4.78 is 5.36. The van der Waals surface area contributed by atoms with E-state index in [1.54, 1.807) is 18.3 Å². The molecule has 8 heteroatoms. The largest absolute Gasteiger partial charge is 0.425 e. The first kappa shape index (κ1) is 14.0. The fourth-order valence-corrected chi connectivity index (χ4v) is 4.77. The Hall–Kier alpha value is -1.67. The van der Waals surface area contributed by atoms with Gasteiger partial charge in [0.25, 0.3) is 0 Å². The summed E-state index contributed by atoms with van der Waals surface area (Å²) in [5.41, 5.74) is 7.56. The molecule has 0 spiro atoms. The highest BCUT2D eigenvalue weighted by Gasteiger charge is 2.20. The van der Waals surface area contributed by atoms with Gasteiger partial charge in [0.2, 0.25) is 11.8 Å². The number of thiophene rings is 1. The van der Waals surface area contributed by atoms with Crippen LogP contribution < -0.4 is 5.73 Å². The summed E-state index contributed by atoms with van der Waals surface area (Å²) in [5, 5.41) is 9.53. The van der Waals surface area contributed by atoms with Gasteiger partial charge < -0.3 is 10.2 Å². The topological polar surface area (TPSA) is 90.7 Å². The van der Waals surface area contributed by atoms with E-state index in [1.165, 1.54) is 35.0 Å². The maximum atomic E-state index is 6.19. The third-order valence-corrected chi connectivity index (χ3v) is 5.73. The van der Waals surface area contributed by atoms with E-state index in [2.05, 4.69) is 20.2 Å². The second kappa shape index (κ2) is 5.51. The number of nitrogen functional groups attached to an aromatic ring is 1. The summed E-state index contributed by atoms with van der Waals surface area (Å²) in [6.45, 7) is 1.78. The molecule has 3 aromatic rings. The van der Waals surface area contributed by atoms with Crippen molar-refractivity contribution in [3.63, 3.8) is 0 Å².